The van der Waals surface area contributed by atoms with Crippen molar-refractivity contribution in [3.05, 3.63) is 24.3 Å². The van der Waals surface area contributed by atoms with Crippen molar-refractivity contribution in [1.82, 2.24) is 0 Å². The first-order valence-electron chi connectivity index (χ1n) is 7.02. The van der Waals surface area contributed by atoms with E-state index in [-0.39, 0.29) is 12.3 Å². The van der Waals surface area contributed by atoms with Crippen LogP contribution in [0.25, 0.3) is 0 Å². The van der Waals surface area contributed by atoms with Gasteiger partial charge in [-0.25, -0.2) is 0 Å². The molecule has 1 saturated carbocycles. The minimum Gasteiger partial charge on any atom is -0.491 e. The molecular formula is C15H22N2O2. The number of benzene rings is 1. The fourth-order valence-electron chi connectivity index (χ4n) is 2.44. The van der Waals surface area contributed by atoms with Gasteiger partial charge >= 0.3 is 0 Å². The smallest absolute Gasteiger partial charge is 0.220 e. The Kier molecular flexibility index (Phi) is 5.07. The number of primary amides is 1. The predicted molar refractivity (Wildman–Crippen MR) is 76.2 cm³/mol. The summed E-state index contributed by atoms with van der Waals surface area (Å²) in [5, 5.41) is 3.55. The van der Waals surface area contributed by atoms with Crippen LogP contribution in [0.4, 0.5) is 5.69 Å². The number of ether oxygens (including phenoxy) is 1. The fraction of sp³-hybridized carbons (Fsp3) is 0.533. The quantitative estimate of drug-likeness (QED) is 0.828. The van der Waals surface area contributed by atoms with Gasteiger partial charge in [-0.1, -0.05) is 31.4 Å². The van der Waals surface area contributed by atoms with Gasteiger partial charge in [0, 0.05) is 6.04 Å². The van der Waals surface area contributed by atoms with Crippen LogP contribution in [-0.2, 0) is 4.79 Å². The molecule has 1 amide bonds. The van der Waals surface area contributed by atoms with Crippen molar-refractivity contribution >= 4 is 11.6 Å². The SMILES string of the molecule is NC(=O)CCOc1ccccc1NC1CCCCC1. The number of nitrogens with one attached hydrogen (secondary N) is 1. The molecule has 3 N–H and O–H groups in total. The van der Waals surface area contributed by atoms with Crippen molar-refractivity contribution in [1.29, 1.82) is 0 Å². The molecule has 4 nitrogen and oxygen atoms in total. The lowest BCUT2D eigenvalue weighted by Gasteiger charge is -2.25. The van der Waals surface area contributed by atoms with Crippen LogP contribution < -0.4 is 15.8 Å². The molecule has 0 spiro atoms. The summed E-state index contributed by atoms with van der Waals surface area (Å²) in [6, 6.07) is 8.41. The van der Waals surface area contributed by atoms with Crippen molar-refractivity contribution < 1.29 is 9.53 Å². The van der Waals surface area contributed by atoms with Crippen LogP contribution in [0.1, 0.15) is 38.5 Å². The topological polar surface area (TPSA) is 64.4 Å². The number of hydrogen-bond donors (Lipinski definition) is 2. The minimum atomic E-state index is -0.335. The minimum absolute atomic E-state index is 0.248. The summed E-state index contributed by atoms with van der Waals surface area (Å²) in [5.41, 5.74) is 6.12. The number of nitrogens with two attached hydrogens (primary N) is 1. The van der Waals surface area contributed by atoms with E-state index >= 15 is 0 Å². The lowest BCUT2D eigenvalue weighted by atomic mass is 9.95. The maximum atomic E-state index is 10.7. The molecule has 0 aromatic heterocycles. The van der Waals surface area contributed by atoms with E-state index in [0.29, 0.717) is 12.6 Å². The van der Waals surface area contributed by atoms with Crippen molar-refractivity contribution in [3.8, 4) is 5.75 Å². The molecule has 104 valence electrons. The third-order valence-electron chi connectivity index (χ3n) is 3.46. The van der Waals surface area contributed by atoms with E-state index in [2.05, 4.69) is 5.32 Å². The molecule has 0 heterocycles. The van der Waals surface area contributed by atoms with E-state index in [0.717, 1.165) is 11.4 Å². The highest BCUT2D eigenvalue weighted by Gasteiger charge is 2.14. The van der Waals surface area contributed by atoms with Crippen molar-refractivity contribution in [2.45, 2.75) is 44.6 Å². The Morgan fingerprint density at radius 1 is 1.26 bits per heavy atom. The monoisotopic (exact) mass is 262 g/mol. The summed E-state index contributed by atoms with van der Waals surface area (Å²) in [6.45, 7) is 0.332. The number of hydrogen-bond acceptors (Lipinski definition) is 3. The van der Waals surface area contributed by atoms with Gasteiger partial charge in [0.25, 0.3) is 0 Å². The lowest BCUT2D eigenvalue weighted by molar-refractivity contribution is -0.118. The Morgan fingerprint density at radius 2 is 2.00 bits per heavy atom. The maximum absolute atomic E-state index is 10.7. The third kappa shape index (κ3) is 4.47. The molecule has 0 atom stereocenters. The number of amides is 1. The van der Waals surface area contributed by atoms with Gasteiger partial charge in [0.1, 0.15) is 5.75 Å². The molecule has 1 aliphatic rings. The Hall–Kier alpha value is -1.71. The van der Waals surface area contributed by atoms with E-state index in [1.54, 1.807) is 0 Å². The second kappa shape index (κ2) is 7.02. The van der Waals surface area contributed by atoms with Gasteiger partial charge in [-0.2, -0.15) is 0 Å². The largest absolute Gasteiger partial charge is 0.491 e. The molecule has 1 fully saturated rings. The highest BCUT2D eigenvalue weighted by Crippen LogP contribution is 2.28. The number of para-hydroxylation sites is 2. The molecule has 1 aromatic carbocycles. The van der Waals surface area contributed by atoms with Crippen molar-refractivity contribution in [2.24, 2.45) is 5.73 Å². The van der Waals surface area contributed by atoms with Gasteiger partial charge in [0.15, 0.2) is 0 Å². The number of rotatable bonds is 6. The molecule has 1 aliphatic carbocycles. The summed E-state index contributed by atoms with van der Waals surface area (Å²) in [7, 11) is 0. The zero-order valence-electron chi connectivity index (χ0n) is 11.2. The molecule has 0 radical (unpaired) electrons. The van der Waals surface area contributed by atoms with Gasteiger partial charge in [0.2, 0.25) is 5.91 Å². The second-order valence-electron chi connectivity index (χ2n) is 5.04. The zero-order chi connectivity index (χ0) is 13.5. The van der Waals surface area contributed by atoms with Gasteiger partial charge in [-0.3, -0.25) is 4.79 Å². The van der Waals surface area contributed by atoms with Crippen molar-refractivity contribution in [3.63, 3.8) is 0 Å². The molecule has 19 heavy (non-hydrogen) atoms. The number of anilines is 1. The van der Waals surface area contributed by atoms with E-state index in [9.17, 15) is 4.79 Å². The van der Waals surface area contributed by atoms with Crippen LogP contribution in [0.3, 0.4) is 0 Å². The second-order valence-corrected chi connectivity index (χ2v) is 5.04. The maximum Gasteiger partial charge on any atom is 0.220 e. The molecular weight excluding hydrogens is 240 g/mol. The molecule has 0 unspecified atom stereocenters. The van der Waals surface area contributed by atoms with Crippen LogP contribution in [0.2, 0.25) is 0 Å². The summed E-state index contributed by atoms with van der Waals surface area (Å²) in [5.74, 6) is 0.465. The van der Waals surface area contributed by atoms with Crippen molar-refractivity contribution in [2.75, 3.05) is 11.9 Å². The highest BCUT2D eigenvalue weighted by molar-refractivity contribution is 5.73. The van der Waals surface area contributed by atoms with E-state index < -0.39 is 0 Å². The predicted octanol–water partition coefficient (Wildman–Crippen LogP) is 2.69. The van der Waals surface area contributed by atoms with Crippen LogP contribution in [0, 0.1) is 0 Å². The molecule has 4 heteroatoms. The van der Waals surface area contributed by atoms with Gasteiger partial charge < -0.3 is 15.8 Å². The average Bonchev–Trinajstić information content (AvgIpc) is 2.41. The Bertz CT molecular complexity index is 414. The average molecular weight is 262 g/mol. The Morgan fingerprint density at radius 3 is 2.74 bits per heavy atom. The van der Waals surface area contributed by atoms with Crippen LogP contribution in [0.5, 0.6) is 5.75 Å². The summed E-state index contributed by atoms with van der Waals surface area (Å²) in [4.78, 5) is 10.7. The first kappa shape index (κ1) is 13.7. The molecule has 1 aromatic rings. The molecule has 0 saturated heterocycles. The number of carbonyl (C=O) groups is 1. The van der Waals surface area contributed by atoms with E-state index in [1.165, 1.54) is 32.1 Å². The summed E-state index contributed by atoms with van der Waals surface area (Å²) < 4.78 is 5.63. The Balaban J connectivity index is 1.93. The standard InChI is InChI=1S/C15H22N2O2/c16-15(18)10-11-19-14-9-5-4-8-13(14)17-12-6-2-1-3-7-12/h4-5,8-9,12,17H,1-3,6-7,10-11H2,(H2,16,18). The highest BCUT2D eigenvalue weighted by atomic mass is 16.5. The summed E-state index contributed by atoms with van der Waals surface area (Å²) >= 11 is 0. The first-order valence-corrected chi connectivity index (χ1v) is 7.02. The van der Waals surface area contributed by atoms with E-state index in [4.69, 9.17) is 10.5 Å². The van der Waals surface area contributed by atoms with E-state index in [1.807, 2.05) is 24.3 Å². The summed E-state index contributed by atoms with van der Waals surface area (Å²) in [6.07, 6.45) is 6.61. The molecule has 0 aliphatic heterocycles. The van der Waals surface area contributed by atoms with Crippen LogP contribution >= 0.6 is 0 Å². The van der Waals surface area contributed by atoms with Crippen LogP contribution in [-0.4, -0.2) is 18.6 Å². The normalized spacial score (nSPS) is 16.0. The Labute approximate surface area is 114 Å². The lowest BCUT2D eigenvalue weighted by Crippen LogP contribution is -2.22. The fourth-order valence-corrected chi connectivity index (χ4v) is 2.44. The van der Waals surface area contributed by atoms with Gasteiger partial charge in [-0.15, -0.1) is 0 Å². The number of carbonyl (C=O) groups excluding carboxylic acids is 1. The first-order chi connectivity index (χ1) is 9.25. The van der Waals surface area contributed by atoms with Crippen LogP contribution in [0.15, 0.2) is 24.3 Å². The molecule has 0 bridgehead atoms. The third-order valence-corrected chi connectivity index (χ3v) is 3.46. The van der Waals surface area contributed by atoms with Gasteiger partial charge in [0.05, 0.1) is 18.7 Å². The zero-order valence-corrected chi connectivity index (χ0v) is 11.2. The van der Waals surface area contributed by atoms with Gasteiger partial charge in [-0.05, 0) is 25.0 Å². The molecule has 2 rings (SSSR count).